The molecule has 2 nitrogen and oxygen atoms in total. The number of carbonyl (C=O) groups is 1. The molecule has 1 fully saturated rings. The molecule has 0 radical (unpaired) electrons. The summed E-state index contributed by atoms with van der Waals surface area (Å²) in [6.07, 6.45) is 3.42. The highest BCUT2D eigenvalue weighted by molar-refractivity contribution is 6.69. The van der Waals surface area contributed by atoms with Crippen LogP contribution in [0.2, 0.25) is 19.6 Å². The number of Topliss-reactive ketones (excluding diaryl/α,β-unsaturated/α-hetero) is 1. The monoisotopic (exact) mass is 242 g/mol. The van der Waals surface area contributed by atoms with Crippen molar-refractivity contribution in [2.75, 3.05) is 0 Å². The maximum atomic E-state index is 12.3. The zero-order valence-electron chi connectivity index (χ0n) is 11.6. The van der Waals surface area contributed by atoms with Crippen molar-refractivity contribution in [2.45, 2.75) is 65.8 Å². The van der Waals surface area contributed by atoms with Crippen molar-refractivity contribution in [1.82, 2.24) is 0 Å². The van der Waals surface area contributed by atoms with Gasteiger partial charge in [-0.15, -0.1) is 0 Å². The summed E-state index contributed by atoms with van der Waals surface area (Å²) in [5.41, 5.74) is -0.226. The van der Waals surface area contributed by atoms with Gasteiger partial charge in [-0.05, 0) is 32.5 Å². The summed E-state index contributed by atoms with van der Waals surface area (Å²) in [5.74, 6) is 0.528. The highest BCUT2D eigenvalue weighted by Crippen LogP contribution is 2.35. The first-order valence-corrected chi connectivity index (χ1v) is 9.74. The highest BCUT2D eigenvalue weighted by Gasteiger charge is 2.40. The van der Waals surface area contributed by atoms with E-state index in [0.29, 0.717) is 5.78 Å². The van der Waals surface area contributed by atoms with E-state index in [0.717, 1.165) is 19.3 Å². The normalized spacial score (nSPS) is 27.1. The van der Waals surface area contributed by atoms with E-state index in [9.17, 15) is 4.79 Å². The zero-order chi connectivity index (χ0) is 12.6. The van der Waals surface area contributed by atoms with E-state index in [-0.39, 0.29) is 17.4 Å². The molecule has 0 bridgehead atoms. The lowest BCUT2D eigenvalue weighted by atomic mass is 9.81. The fourth-order valence-corrected chi connectivity index (χ4v) is 3.57. The molecule has 94 valence electrons. The van der Waals surface area contributed by atoms with E-state index >= 15 is 0 Å². The predicted octanol–water partition coefficient (Wildman–Crippen LogP) is 3.62. The zero-order valence-corrected chi connectivity index (χ0v) is 12.6. The molecule has 2 atom stereocenters. The van der Waals surface area contributed by atoms with Gasteiger partial charge in [-0.2, -0.15) is 0 Å². The van der Waals surface area contributed by atoms with Gasteiger partial charge in [0.05, 0.1) is 6.10 Å². The first-order valence-electron chi connectivity index (χ1n) is 6.33. The van der Waals surface area contributed by atoms with Crippen molar-refractivity contribution in [3.8, 4) is 0 Å². The van der Waals surface area contributed by atoms with Crippen molar-refractivity contribution in [3.63, 3.8) is 0 Å². The Hall–Kier alpha value is -0.153. The molecular weight excluding hydrogens is 216 g/mol. The average Bonchev–Trinajstić information content (AvgIpc) is 2.46. The van der Waals surface area contributed by atoms with E-state index in [1.54, 1.807) is 0 Å². The fraction of sp³-hybridized carbons (Fsp3) is 0.923. The van der Waals surface area contributed by atoms with Crippen LogP contribution in [0.3, 0.4) is 0 Å². The van der Waals surface area contributed by atoms with Crippen molar-refractivity contribution in [2.24, 2.45) is 11.3 Å². The Morgan fingerprint density at radius 1 is 1.19 bits per heavy atom. The van der Waals surface area contributed by atoms with Gasteiger partial charge in [0.2, 0.25) is 0 Å². The molecule has 0 heterocycles. The first-order chi connectivity index (χ1) is 7.11. The van der Waals surface area contributed by atoms with Crippen LogP contribution in [0.5, 0.6) is 0 Å². The van der Waals surface area contributed by atoms with Crippen molar-refractivity contribution in [1.29, 1.82) is 0 Å². The summed E-state index contributed by atoms with van der Waals surface area (Å²) in [7, 11) is -1.52. The van der Waals surface area contributed by atoms with Crippen LogP contribution < -0.4 is 0 Å². The number of carbonyl (C=O) groups excluding carboxylic acids is 1. The summed E-state index contributed by atoms with van der Waals surface area (Å²) in [4.78, 5) is 12.3. The van der Waals surface area contributed by atoms with E-state index in [1.165, 1.54) is 0 Å². The largest absolute Gasteiger partial charge is 0.414 e. The lowest BCUT2D eigenvalue weighted by molar-refractivity contribution is -0.132. The SMILES string of the molecule is CC(C)(C)C(=O)[C@H]1CCC[C@@H]1O[Si](C)(C)C. The third-order valence-electron chi connectivity index (χ3n) is 3.03. The second kappa shape index (κ2) is 4.61. The third-order valence-corrected chi connectivity index (χ3v) is 4.04. The van der Waals surface area contributed by atoms with E-state index < -0.39 is 8.32 Å². The van der Waals surface area contributed by atoms with Crippen LogP contribution in [0.25, 0.3) is 0 Å². The van der Waals surface area contributed by atoms with Crippen LogP contribution in [0.1, 0.15) is 40.0 Å². The maximum absolute atomic E-state index is 12.3. The smallest absolute Gasteiger partial charge is 0.184 e. The van der Waals surface area contributed by atoms with Crippen molar-refractivity contribution in [3.05, 3.63) is 0 Å². The molecule has 0 aromatic rings. The summed E-state index contributed by atoms with van der Waals surface area (Å²) >= 11 is 0. The van der Waals surface area contributed by atoms with E-state index in [4.69, 9.17) is 4.43 Å². The fourth-order valence-electron chi connectivity index (χ4n) is 2.38. The van der Waals surface area contributed by atoms with Gasteiger partial charge in [0, 0.05) is 11.3 Å². The van der Waals surface area contributed by atoms with Crippen LogP contribution >= 0.6 is 0 Å². The van der Waals surface area contributed by atoms with Gasteiger partial charge in [-0.3, -0.25) is 4.79 Å². The number of hydrogen-bond donors (Lipinski definition) is 0. The van der Waals surface area contributed by atoms with Crippen LogP contribution in [0.4, 0.5) is 0 Å². The molecule has 0 saturated heterocycles. The van der Waals surface area contributed by atoms with Gasteiger partial charge in [0.15, 0.2) is 8.32 Å². The number of rotatable bonds is 3. The van der Waals surface area contributed by atoms with E-state index in [2.05, 4.69) is 19.6 Å². The van der Waals surface area contributed by atoms with Gasteiger partial charge < -0.3 is 4.43 Å². The summed E-state index contributed by atoms with van der Waals surface area (Å²) in [5, 5.41) is 0. The first kappa shape index (κ1) is 13.9. The van der Waals surface area contributed by atoms with Gasteiger partial charge in [-0.1, -0.05) is 27.2 Å². The predicted molar refractivity (Wildman–Crippen MR) is 70.0 cm³/mol. The van der Waals surface area contributed by atoms with Crippen LogP contribution in [-0.4, -0.2) is 20.2 Å². The lowest BCUT2D eigenvalue weighted by Crippen LogP contribution is -2.39. The molecule has 0 aromatic carbocycles. The number of ketones is 1. The number of hydrogen-bond acceptors (Lipinski definition) is 2. The van der Waals surface area contributed by atoms with Gasteiger partial charge >= 0.3 is 0 Å². The summed E-state index contributed by atoms with van der Waals surface area (Å²) in [6.45, 7) is 12.6. The topological polar surface area (TPSA) is 26.3 Å². The maximum Gasteiger partial charge on any atom is 0.184 e. The Morgan fingerprint density at radius 2 is 1.75 bits per heavy atom. The molecule has 1 rings (SSSR count). The van der Waals surface area contributed by atoms with Gasteiger partial charge in [-0.25, -0.2) is 0 Å². The molecule has 0 amide bonds. The quantitative estimate of drug-likeness (QED) is 0.707. The molecular formula is C13H26O2Si. The minimum atomic E-state index is -1.52. The molecule has 1 aliphatic rings. The van der Waals surface area contributed by atoms with Gasteiger partial charge in [0.1, 0.15) is 5.78 Å². The molecule has 0 aliphatic heterocycles. The molecule has 0 N–H and O–H groups in total. The molecule has 1 aliphatic carbocycles. The van der Waals surface area contributed by atoms with Crippen molar-refractivity contribution < 1.29 is 9.22 Å². The van der Waals surface area contributed by atoms with Crippen LogP contribution in [-0.2, 0) is 9.22 Å². The van der Waals surface area contributed by atoms with E-state index in [1.807, 2.05) is 20.8 Å². The minimum absolute atomic E-state index is 0.145. The molecule has 1 saturated carbocycles. The highest BCUT2D eigenvalue weighted by atomic mass is 28.4. The third kappa shape index (κ3) is 3.70. The Balaban J connectivity index is 2.70. The minimum Gasteiger partial charge on any atom is -0.414 e. The Morgan fingerprint density at radius 3 is 2.19 bits per heavy atom. The summed E-state index contributed by atoms with van der Waals surface area (Å²) < 4.78 is 6.15. The standard InChI is InChI=1S/C13H26O2Si/c1-13(2,3)12(14)10-8-7-9-11(10)15-16(4,5)6/h10-11H,7-9H2,1-6H3/t10-,11-/m0/s1. The molecule has 0 spiro atoms. The second-order valence-electron chi connectivity index (χ2n) is 6.92. The Bertz CT molecular complexity index is 260. The molecule has 0 unspecified atom stereocenters. The second-order valence-corrected chi connectivity index (χ2v) is 11.4. The van der Waals surface area contributed by atoms with Gasteiger partial charge in [0.25, 0.3) is 0 Å². The average molecular weight is 242 g/mol. The molecule has 3 heteroatoms. The summed E-state index contributed by atoms with van der Waals surface area (Å²) in [6, 6.07) is 0. The van der Waals surface area contributed by atoms with Crippen molar-refractivity contribution >= 4 is 14.1 Å². The Kier molecular flexibility index (Phi) is 4.01. The van der Waals surface area contributed by atoms with Crippen LogP contribution in [0.15, 0.2) is 0 Å². The molecule has 0 aromatic heterocycles. The van der Waals surface area contributed by atoms with Crippen LogP contribution in [0, 0.1) is 11.3 Å². The Labute approximate surface area is 101 Å². The molecule has 16 heavy (non-hydrogen) atoms. The lowest BCUT2D eigenvalue weighted by Gasteiger charge is -2.30.